The van der Waals surface area contributed by atoms with E-state index < -0.39 is 199 Å². The fourth-order valence-corrected chi connectivity index (χ4v) is 10.8. The Morgan fingerprint density at radius 3 is 1.72 bits per heavy atom. The van der Waals surface area contributed by atoms with Crippen molar-refractivity contribution in [2.24, 2.45) is 34.6 Å². The predicted molar refractivity (Wildman–Crippen MR) is 337 cm³/mol. The number of phenolic OH excluding ortho intramolecular Hbond substituents is 2. The van der Waals surface area contributed by atoms with Gasteiger partial charge in [0.25, 0.3) is 0 Å². The van der Waals surface area contributed by atoms with Crippen LogP contribution in [0.1, 0.15) is 89.7 Å². The molecule has 12 atom stereocenters. The predicted octanol–water partition coefficient (Wildman–Crippen LogP) is -7.87. The number of carbonyl (C=O) groups is 15. The number of aromatic hydroxyl groups is 2. The first-order valence-electron chi connectivity index (χ1n) is 30.4. The van der Waals surface area contributed by atoms with E-state index in [1.165, 1.54) is 55.5 Å². The van der Waals surface area contributed by atoms with Gasteiger partial charge in [0.2, 0.25) is 87.8 Å². The Kier molecular flexibility index (Phi) is 31.2. The van der Waals surface area contributed by atoms with Gasteiger partial charge in [-0.2, -0.15) is 0 Å². The first kappa shape index (κ1) is 77.9. The van der Waals surface area contributed by atoms with Gasteiger partial charge in [-0.25, -0.2) is 0 Å². The smallest absolute Gasteiger partial charge is 0.246 e. The molecule has 35 nitrogen and oxygen atoms in total. The molecule has 522 valence electrons. The van der Waals surface area contributed by atoms with Gasteiger partial charge in [0.15, 0.2) is 0 Å². The van der Waals surface area contributed by atoms with Crippen LogP contribution in [0.25, 0.3) is 0 Å². The lowest BCUT2D eigenvalue weighted by molar-refractivity contribution is -0.143. The van der Waals surface area contributed by atoms with Gasteiger partial charge in [-0.1, -0.05) is 49.9 Å². The molecule has 0 aliphatic carbocycles. The van der Waals surface area contributed by atoms with Crippen LogP contribution in [-0.2, 0) is 84.8 Å². The molecule has 36 heteroatoms. The first-order valence-corrected chi connectivity index (χ1v) is 31.4. The molecule has 2 aliphatic heterocycles. The second-order valence-corrected chi connectivity index (χ2v) is 24.3. The standard InChI is InChI=1S/C59H86N16O19S/c1-28(2)19-40-59(94)95-27-43(56(91)73-42(26-77)55(90)69-38(23-46(63)81)53(88)68-37(52(87)71-40)21-31-11-15-33(79)16-12-31)74-57(92)44-8-6-18-75(44)58(93)39(24-47(64)82)70-51(86)36(20-30-9-13-32(78)14-10-30)67-50(85)35(7-4-5-17-60)66-54(89)41(25-76)72-48(83)29(3)65-49(84)34(61)22-45(62)80/h9-16,28-29,34-44,76-79H,4-8,17-27,60-61H2,1-3H3,(H2,62,80)(H2,63,81)(H2,64,82)(H,65,84)(H,66,89)(H,67,85)(H,68,88)(H,69,90)(H,70,86)(H,71,87)(H,72,83)(H,73,91)(H,74,92)/t29-,34-,35-,36-,37-,38-,39-,40-,41-,42-,43-,44-/m0/s1. The van der Waals surface area contributed by atoms with Gasteiger partial charge in [0, 0.05) is 25.1 Å². The second-order valence-electron chi connectivity index (χ2n) is 23.2. The maximum Gasteiger partial charge on any atom is 0.246 e. The summed E-state index contributed by atoms with van der Waals surface area (Å²) in [4.78, 5) is 205. The number of thioether (sulfide) groups is 1. The number of aliphatic hydroxyl groups excluding tert-OH is 2. The Balaban J connectivity index is 1.65. The van der Waals surface area contributed by atoms with Crippen LogP contribution in [0.15, 0.2) is 48.5 Å². The van der Waals surface area contributed by atoms with Crippen LogP contribution < -0.4 is 81.8 Å². The zero-order chi connectivity index (χ0) is 70.8. The number of amides is 14. The van der Waals surface area contributed by atoms with Gasteiger partial charge in [-0.3, -0.25) is 71.9 Å². The Hall–Kier alpha value is -9.52. The Bertz CT molecular complexity index is 3110. The summed E-state index contributed by atoms with van der Waals surface area (Å²) in [5, 5.41) is 63.8. The van der Waals surface area contributed by atoms with Crippen molar-refractivity contribution in [2.45, 2.75) is 164 Å². The molecule has 4 rings (SSSR count). The van der Waals surface area contributed by atoms with Gasteiger partial charge in [0.05, 0.1) is 44.6 Å². The van der Waals surface area contributed by atoms with Crippen molar-refractivity contribution in [3.8, 4) is 11.5 Å². The fourth-order valence-electron chi connectivity index (χ4n) is 9.92. The molecule has 0 saturated carbocycles. The molecule has 14 amide bonds. The van der Waals surface area contributed by atoms with Crippen LogP contribution in [0, 0.1) is 5.92 Å². The van der Waals surface area contributed by atoms with E-state index in [-0.39, 0.29) is 75.5 Å². The number of unbranched alkanes of at least 4 members (excludes halogenated alkanes) is 1. The molecular formula is C59H86N16O19S. The highest BCUT2D eigenvalue weighted by molar-refractivity contribution is 8.13. The van der Waals surface area contributed by atoms with Gasteiger partial charge in [0.1, 0.15) is 71.9 Å². The minimum Gasteiger partial charge on any atom is -0.508 e. The fraction of sp³-hybridized carbons (Fsp3) is 0.542. The van der Waals surface area contributed by atoms with Crippen molar-refractivity contribution in [1.29, 1.82) is 0 Å². The molecule has 24 N–H and O–H groups in total. The summed E-state index contributed by atoms with van der Waals surface area (Å²) >= 11 is 0.480. The third-order valence-corrected chi connectivity index (χ3v) is 16.0. The van der Waals surface area contributed by atoms with E-state index in [4.69, 9.17) is 28.7 Å². The van der Waals surface area contributed by atoms with Gasteiger partial charge in [-0.05, 0) is 93.3 Å². The SMILES string of the molecule is CC(C)C[C@@H]1NC(=O)[C@H](Cc2ccc(O)cc2)NC(=O)[C@H](CC(N)=O)NC(=O)[C@H](CO)NC(=O)[C@@H](NC(=O)[C@@H]2CCCN2C(=O)[C@H](CC(N)=O)NC(=O)[C@H](Cc2ccc(O)cc2)NC(=O)[C@H](CCCCN)NC(=O)[C@H](CO)NC(=O)[C@H](C)NC(=O)[C@@H](N)CC(N)=O)CSC1=O. The maximum atomic E-state index is 14.7. The van der Waals surface area contributed by atoms with Gasteiger partial charge in [-0.15, -0.1) is 0 Å². The van der Waals surface area contributed by atoms with Gasteiger partial charge < -0.3 is 107 Å². The van der Waals surface area contributed by atoms with E-state index >= 15 is 0 Å². The number of primary amides is 3. The number of likely N-dealkylation sites (tertiary alicyclic amines) is 1. The first-order chi connectivity index (χ1) is 44.8. The van der Waals surface area contributed by atoms with Crippen LogP contribution in [-0.4, -0.2) is 218 Å². The van der Waals surface area contributed by atoms with E-state index in [2.05, 4.69) is 53.2 Å². The van der Waals surface area contributed by atoms with Crippen LogP contribution in [0.4, 0.5) is 0 Å². The highest BCUT2D eigenvalue weighted by Crippen LogP contribution is 2.22. The zero-order valence-corrected chi connectivity index (χ0v) is 53.4. The molecule has 0 unspecified atom stereocenters. The number of nitrogens with one attached hydrogen (secondary N) is 10. The van der Waals surface area contributed by atoms with Crippen LogP contribution in [0.3, 0.4) is 0 Å². The van der Waals surface area contributed by atoms with E-state index in [0.717, 1.165) is 4.90 Å². The average molecular weight is 1360 g/mol. The molecular weight excluding hydrogens is 1270 g/mol. The number of carbonyl (C=O) groups excluding carboxylic acids is 15. The molecule has 2 aromatic rings. The van der Waals surface area contributed by atoms with Crippen molar-refractivity contribution in [3.63, 3.8) is 0 Å². The maximum absolute atomic E-state index is 14.7. The lowest BCUT2D eigenvalue weighted by Gasteiger charge is -2.31. The summed E-state index contributed by atoms with van der Waals surface area (Å²) in [6.07, 6.45) is -2.52. The minimum atomic E-state index is -1.91. The minimum absolute atomic E-state index is 0.00726. The van der Waals surface area contributed by atoms with E-state index in [1.54, 1.807) is 13.8 Å². The van der Waals surface area contributed by atoms with E-state index in [1.807, 2.05) is 0 Å². The summed E-state index contributed by atoms with van der Waals surface area (Å²) in [6, 6.07) is -8.52. The number of hydrogen-bond donors (Lipinski definition) is 19. The quantitative estimate of drug-likeness (QED) is 0.0312. The van der Waals surface area contributed by atoms with Crippen molar-refractivity contribution >= 4 is 99.6 Å². The zero-order valence-electron chi connectivity index (χ0n) is 52.6. The van der Waals surface area contributed by atoms with Crippen molar-refractivity contribution < 1.29 is 92.3 Å². The number of rotatable bonds is 31. The summed E-state index contributed by atoms with van der Waals surface area (Å²) < 4.78 is 0. The molecule has 2 aromatic carbocycles. The number of phenols is 2. The second kappa shape index (κ2) is 38.0. The van der Waals surface area contributed by atoms with Crippen LogP contribution >= 0.6 is 11.8 Å². The van der Waals surface area contributed by atoms with Gasteiger partial charge >= 0.3 is 0 Å². The summed E-state index contributed by atoms with van der Waals surface area (Å²) in [5.74, 6) is -16.0. The van der Waals surface area contributed by atoms with E-state index in [9.17, 15) is 92.3 Å². The largest absolute Gasteiger partial charge is 0.508 e. The lowest BCUT2D eigenvalue weighted by Crippen LogP contribution is -2.62. The Labute approximate surface area is 549 Å². The monoisotopic (exact) mass is 1350 g/mol. The number of nitrogens with two attached hydrogens (primary N) is 5. The van der Waals surface area contributed by atoms with Crippen molar-refractivity contribution in [2.75, 3.05) is 32.1 Å². The third kappa shape index (κ3) is 25.4. The molecule has 2 saturated heterocycles. The Morgan fingerprint density at radius 2 is 1.14 bits per heavy atom. The summed E-state index contributed by atoms with van der Waals surface area (Å²) in [6.45, 7) is 2.46. The molecule has 0 bridgehead atoms. The number of nitrogens with zero attached hydrogens (tertiary/aromatic N) is 1. The number of benzene rings is 2. The molecule has 2 aliphatic rings. The summed E-state index contributed by atoms with van der Waals surface area (Å²) in [7, 11) is 0. The van der Waals surface area contributed by atoms with Crippen molar-refractivity contribution in [3.05, 3.63) is 59.7 Å². The number of hydrogen-bond acceptors (Lipinski definition) is 22. The highest BCUT2D eigenvalue weighted by atomic mass is 32.2. The lowest BCUT2D eigenvalue weighted by atomic mass is 10.0. The third-order valence-electron chi connectivity index (χ3n) is 15.0. The highest BCUT2D eigenvalue weighted by Gasteiger charge is 2.42. The molecule has 2 fully saturated rings. The van der Waals surface area contributed by atoms with Crippen molar-refractivity contribution in [1.82, 2.24) is 58.1 Å². The molecule has 2 heterocycles. The van der Waals surface area contributed by atoms with E-state index in [0.29, 0.717) is 29.3 Å². The molecule has 0 spiro atoms. The Morgan fingerprint density at radius 1 is 0.611 bits per heavy atom. The average Bonchev–Trinajstić information content (AvgIpc) is 2.01. The van der Waals surface area contributed by atoms with Crippen LogP contribution in [0.2, 0.25) is 0 Å². The normalized spacial score (nSPS) is 20.7. The van der Waals surface area contributed by atoms with Crippen LogP contribution in [0.5, 0.6) is 11.5 Å². The molecule has 0 radical (unpaired) electrons. The summed E-state index contributed by atoms with van der Waals surface area (Å²) in [5.41, 5.74) is 28.3. The molecule has 0 aromatic heterocycles. The molecule has 95 heavy (non-hydrogen) atoms. The topological polar surface area (TPSA) is 591 Å². The number of aliphatic hydroxyl groups is 2.